The second-order valence-corrected chi connectivity index (χ2v) is 2.16. The van der Waals surface area contributed by atoms with Gasteiger partial charge in [-0.1, -0.05) is 32.6 Å². The van der Waals surface area contributed by atoms with E-state index in [9.17, 15) is 12.9 Å². The van der Waals surface area contributed by atoms with E-state index in [0.717, 1.165) is 6.42 Å². The van der Waals surface area contributed by atoms with Crippen molar-refractivity contribution in [1.29, 1.82) is 0 Å². The Balaban J connectivity index is -0.000000142. The zero-order valence-electron chi connectivity index (χ0n) is 7.95. The van der Waals surface area contributed by atoms with Gasteiger partial charge < -0.3 is 6.92 Å². The topological polar surface area (TPSA) is 0 Å². The third-order valence-electron chi connectivity index (χ3n) is 1.10. The summed E-state index contributed by atoms with van der Waals surface area (Å²) < 4.78 is 29.0. The quantitative estimate of drug-likeness (QED) is 0.360. The first-order valence-corrected chi connectivity index (χ1v) is 3.86. The third kappa shape index (κ3) is 41.9. The van der Waals surface area contributed by atoms with Crippen molar-refractivity contribution in [2.75, 3.05) is 0 Å². The van der Waals surface area contributed by atoms with E-state index in [0.29, 0.717) is 0 Å². The van der Waals surface area contributed by atoms with Crippen LogP contribution in [0.2, 0.25) is 0 Å². The Morgan fingerprint density at radius 2 is 1.50 bits per heavy atom. The van der Waals surface area contributed by atoms with Gasteiger partial charge in [0.2, 0.25) is 0 Å². The summed E-state index contributed by atoms with van der Waals surface area (Å²) in [4.78, 5) is 0. The van der Waals surface area contributed by atoms with Gasteiger partial charge in [-0.3, -0.25) is 12.9 Å². The van der Waals surface area contributed by atoms with Gasteiger partial charge in [0.15, 0.2) is 0 Å². The van der Waals surface area contributed by atoms with Gasteiger partial charge in [-0.2, -0.15) is 6.42 Å². The molecule has 0 saturated heterocycles. The SMILES string of the molecule is FB(F)F.[CH2-]CCCCCC.[K+]. The fraction of sp³-hybridized carbons (Fsp3) is 0.857. The van der Waals surface area contributed by atoms with E-state index in [-0.39, 0.29) is 51.4 Å². The van der Waals surface area contributed by atoms with Crippen molar-refractivity contribution in [2.24, 2.45) is 0 Å². The smallest absolute Gasteiger partial charge is 0.343 e. The summed E-state index contributed by atoms with van der Waals surface area (Å²) in [7, 11) is -3.67. The molecule has 0 N–H and O–H groups in total. The Morgan fingerprint density at radius 1 is 1.08 bits per heavy atom. The number of hydrogen-bond donors (Lipinski definition) is 0. The number of halogens is 3. The van der Waals surface area contributed by atoms with Crippen molar-refractivity contribution >= 4 is 7.54 Å². The molecule has 0 radical (unpaired) electrons. The average molecular weight is 206 g/mol. The molecule has 0 aromatic rings. The molecular formula is C7H15BF3K. The molecule has 0 aliphatic carbocycles. The molecule has 0 fully saturated rings. The molecule has 12 heavy (non-hydrogen) atoms. The first-order valence-electron chi connectivity index (χ1n) is 3.86. The molecule has 0 atom stereocenters. The Bertz CT molecular complexity index is 57.9. The maximum atomic E-state index is 9.67. The standard InChI is InChI=1S/C7H15.BF3.K/c1-3-5-7-6-4-2;2-1(3)4;/h1,3-7H2,2H3;;/q-1;;+1. The summed E-state index contributed by atoms with van der Waals surface area (Å²) in [6, 6.07) is 0. The zero-order valence-corrected chi connectivity index (χ0v) is 11.1. The van der Waals surface area contributed by atoms with Gasteiger partial charge in [0.1, 0.15) is 0 Å². The number of hydrogen-bond acceptors (Lipinski definition) is 0. The first kappa shape index (κ1) is 19.1. The van der Waals surface area contributed by atoms with Crippen molar-refractivity contribution < 1.29 is 64.3 Å². The van der Waals surface area contributed by atoms with Crippen molar-refractivity contribution in [3.8, 4) is 0 Å². The van der Waals surface area contributed by atoms with Gasteiger partial charge in [0.25, 0.3) is 0 Å². The Morgan fingerprint density at radius 3 is 1.75 bits per heavy atom. The van der Waals surface area contributed by atoms with E-state index in [1.807, 2.05) is 0 Å². The van der Waals surface area contributed by atoms with Crippen LogP contribution in [0.25, 0.3) is 0 Å². The molecule has 0 saturated carbocycles. The molecule has 0 spiro atoms. The fourth-order valence-corrected chi connectivity index (χ4v) is 0.604. The van der Waals surface area contributed by atoms with Crippen LogP contribution in [0.1, 0.15) is 39.0 Å². The molecule has 0 aromatic heterocycles. The summed E-state index contributed by atoms with van der Waals surface area (Å²) in [5.41, 5.74) is 0. The van der Waals surface area contributed by atoms with E-state index in [1.54, 1.807) is 0 Å². The van der Waals surface area contributed by atoms with Crippen LogP contribution in [0.3, 0.4) is 0 Å². The zero-order chi connectivity index (χ0) is 9.11. The summed E-state index contributed by atoms with van der Waals surface area (Å²) in [6.45, 7) is 5.98. The van der Waals surface area contributed by atoms with Gasteiger partial charge in [-0.05, 0) is 0 Å². The van der Waals surface area contributed by atoms with E-state index in [2.05, 4.69) is 13.8 Å². The van der Waals surface area contributed by atoms with Crippen LogP contribution in [0.15, 0.2) is 0 Å². The molecule has 0 unspecified atom stereocenters. The predicted molar refractivity (Wildman–Crippen MR) is 43.2 cm³/mol. The van der Waals surface area contributed by atoms with Crippen molar-refractivity contribution in [1.82, 2.24) is 0 Å². The van der Waals surface area contributed by atoms with Crippen LogP contribution in [-0.2, 0) is 0 Å². The van der Waals surface area contributed by atoms with Crippen molar-refractivity contribution in [3.63, 3.8) is 0 Å². The molecule has 0 bridgehead atoms. The summed E-state index contributed by atoms with van der Waals surface area (Å²) >= 11 is 0. The molecule has 0 aliphatic heterocycles. The second-order valence-electron chi connectivity index (χ2n) is 2.16. The molecule has 0 amide bonds. The Hall–Kier alpha value is 1.49. The van der Waals surface area contributed by atoms with Gasteiger partial charge in [0, 0.05) is 0 Å². The Kier molecular flexibility index (Phi) is 29.2. The van der Waals surface area contributed by atoms with Crippen LogP contribution >= 0.6 is 0 Å². The third-order valence-corrected chi connectivity index (χ3v) is 1.10. The van der Waals surface area contributed by atoms with Crippen molar-refractivity contribution in [2.45, 2.75) is 39.0 Å². The number of unbranched alkanes of at least 4 members (excludes halogenated alkanes) is 4. The minimum absolute atomic E-state index is 0. The summed E-state index contributed by atoms with van der Waals surface area (Å²) in [5.74, 6) is 0. The minimum Gasteiger partial charge on any atom is -0.343 e. The molecule has 0 aliphatic rings. The largest absolute Gasteiger partial charge is 1.00 e. The van der Waals surface area contributed by atoms with Gasteiger partial charge >= 0.3 is 58.9 Å². The van der Waals surface area contributed by atoms with E-state index in [1.165, 1.54) is 25.7 Å². The normalized spacial score (nSPS) is 7.75. The van der Waals surface area contributed by atoms with Crippen LogP contribution < -0.4 is 51.4 Å². The van der Waals surface area contributed by atoms with Gasteiger partial charge in [-0.25, -0.2) is 0 Å². The summed E-state index contributed by atoms with van der Waals surface area (Å²) in [6.07, 6.45) is 6.52. The molecular weight excluding hydrogens is 191 g/mol. The second kappa shape index (κ2) is 18.3. The molecule has 0 nitrogen and oxygen atoms in total. The van der Waals surface area contributed by atoms with Crippen LogP contribution in [0.5, 0.6) is 0 Å². The van der Waals surface area contributed by atoms with Gasteiger partial charge in [-0.15, -0.1) is 0 Å². The maximum absolute atomic E-state index is 9.67. The van der Waals surface area contributed by atoms with Crippen LogP contribution in [-0.4, -0.2) is 7.54 Å². The monoisotopic (exact) mass is 206 g/mol. The first-order chi connectivity index (χ1) is 5.15. The van der Waals surface area contributed by atoms with Crippen molar-refractivity contribution in [3.05, 3.63) is 6.92 Å². The van der Waals surface area contributed by atoms with E-state index < -0.39 is 7.54 Å². The molecule has 0 heterocycles. The van der Waals surface area contributed by atoms with Crippen LogP contribution in [0, 0.1) is 6.92 Å². The average Bonchev–Trinajstić information content (AvgIpc) is 1.88. The molecule has 5 heteroatoms. The van der Waals surface area contributed by atoms with E-state index in [4.69, 9.17) is 0 Å². The molecule has 68 valence electrons. The van der Waals surface area contributed by atoms with E-state index >= 15 is 0 Å². The maximum Gasteiger partial charge on any atom is 1.00 e. The Labute approximate surface area is 116 Å². The predicted octanol–water partition coefficient (Wildman–Crippen LogP) is 0.675. The summed E-state index contributed by atoms with van der Waals surface area (Å²) in [5, 5.41) is 0. The fourth-order valence-electron chi connectivity index (χ4n) is 0.604. The molecule has 0 aromatic carbocycles. The molecule has 0 rings (SSSR count). The van der Waals surface area contributed by atoms with Gasteiger partial charge in [0.05, 0.1) is 0 Å². The van der Waals surface area contributed by atoms with Crippen LogP contribution in [0.4, 0.5) is 12.9 Å². The number of rotatable bonds is 4. The minimum atomic E-state index is -3.67.